The van der Waals surface area contributed by atoms with E-state index in [0.717, 1.165) is 12.0 Å². The number of aromatic carboxylic acids is 1. The Hall–Kier alpha value is -1.88. The molecule has 1 aromatic carbocycles. The van der Waals surface area contributed by atoms with Gasteiger partial charge in [0.2, 0.25) is 0 Å². The Kier molecular flexibility index (Phi) is 4.39. The molecule has 0 spiro atoms. The fourth-order valence-corrected chi connectivity index (χ4v) is 2.20. The summed E-state index contributed by atoms with van der Waals surface area (Å²) in [4.78, 5) is 11.3. The minimum absolute atomic E-state index is 0.00906. The topological polar surface area (TPSA) is 68.0 Å². The number of hydrogen-bond donors (Lipinski definition) is 1. The number of benzene rings is 1. The predicted molar refractivity (Wildman–Crippen MR) is 76.2 cm³/mol. The van der Waals surface area contributed by atoms with Crippen LogP contribution in [0.1, 0.15) is 48.1 Å². The third-order valence-corrected chi connectivity index (χ3v) is 3.69. The largest absolute Gasteiger partial charge is 0.476 e. The van der Waals surface area contributed by atoms with Crippen LogP contribution in [-0.2, 0) is 6.42 Å². The number of carboxylic acids is 1. The molecule has 1 N–H and O–H groups in total. The predicted octanol–water partition coefficient (Wildman–Crippen LogP) is 3.19. The summed E-state index contributed by atoms with van der Waals surface area (Å²) in [5.74, 6) is -1.07. The number of hydrogen-bond acceptors (Lipinski definition) is 3. The average Bonchev–Trinajstić information content (AvgIpc) is 2.84. The molecule has 0 amide bonds. The van der Waals surface area contributed by atoms with E-state index in [1.807, 2.05) is 32.0 Å². The van der Waals surface area contributed by atoms with Crippen LogP contribution in [0.4, 0.5) is 0 Å². The molecule has 0 bridgehead atoms. The van der Waals surface area contributed by atoms with E-state index >= 15 is 0 Å². The molecule has 1 heterocycles. The maximum atomic E-state index is 11.3. The monoisotopic (exact) mass is 293 g/mol. The molecular formula is C14H16ClN3O2. The van der Waals surface area contributed by atoms with Gasteiger partial charge in [0, 0.05) is 11.4 Å². The maximum Gasteiger partial charge on any atom is 0.358 e. The third-order valence-electron chi connectivity index (χ3n) is 3.32. The molecule has 1 atom stereocenters. The van der Waals surface area contributed by atoms with Crippen LogP contribution in [0, 0.1) is 0 Å². The first-order chi connectivity index (χ1) is 9.54. The summed E-state index contributed by atoms with van der Waals surface area (Å²) in [5, 5.41) is 17.6. The van der Waals surface area contributed by atoms with Gasteiger partial charge in [0.25, 0.3) is 0 Å². The van der Waals surface area contributed by atoms with Crippen LogP contribution in [0.15, 0.2) is 24.3 Å². The summed E-state index contributed by atoms with van der Waals surface area (Å²) in [6, 6.07) is 7.47. The lowest BCUT2D eigenvalue weighted by atomic mass is 10.1. The van der Waals surface area contributed by atoms with Gasteiger partial charge in [-0.2, -0.15) is 0 Å². The van der Waals surface area contributed by atoms with Gasteiger partial charge in [0.1, 0.15) is 0 Å². The van der Waals surface area contributed by atoms with E-state index < -0.39 is 5.97 Å². The number of carboxylic acid groups (broad SMARTS) is 1. The van der Waals surface area contributed by atoms with E-state index in [2.05, 4.69) is 10.3 Å². The second-order valence-corrected chi connectivity index (χ2v) is 5.07. The summed E-state index contributed by atoms with van der Waals surface area (Å²) < 4.78 is 1.67. The highest BCUT2D eigenvalue weighted by atomic mass is 35.5. The molecular weight excluding hydrogens is 278 g/mol. The maximum absolute atomic E-state index is 11.3. The van der Waals surface area contributed by atoms with E-state index in [0.29, 0.717) is 17.1 Å². The Balaban J connectivity index is 2.45. The smallest absolute Gasteiger partial charge is 0.358 e. The summed E-state index contributed by atoms with van der Waals surface area (Å²) >= 11 is 6.14. The Bertz CT molecular complexity index is 625. The molecule has 0 saturated heterocycles. The minimum atomic E-state index is -1.07. The van der Waals surface area contributed by atoms with Gasteiger partial charge >= 0.3 is 5.97 Å². The number of rotatable bonds is 5. The number of carbonyl (C=O) groups is 1. The summed E-state index contributed by atoms with van der Waals surface area (Å²) in [6.45, 7) is 4.00. The Morgan fingerprint density at radius 2 is 2.15 bits per heavy atom. The SMILES string of the molecule is CCC(C)n1nnc(C(=O)O)c1Cc1ccccc1Cl. The molecule has 6 heteroatoms. The van der Waals surface area contributed by atoms with E-state index in [4.69, 9.17) is 11.6 Å². The van der Waals surface area contributed by atoms with Crippen molar-refractivity contribution in [2.75, 3.05) is 0 Å². The molecule has 0 radical (unpaired) electrons. The van der Waals surface area contributed by atoms with Crippen molar-refractivity contribution in [3.63, 3.8) is 0 Å². The molecule has 0 fully saturated rings. The van der Waals surface area contributed by atoms with Crippen molar-refractivity contribution >= 4 is 17.6 Å². The van der Waals surface area contributed by atoms with Crippen molar-refractivity contribution in [2.24, 2.45) is 0 Å². The van der Waals surface area contributed by atoms with Crippen LogP contribution in [0.25, 0.3) is 0 Å². The molecule has 0 saturated carbocycles. The third kappa shape index (κ3) is 2.82. The number of halogens is 1. The highest BCUT2D eigenvalue weighted by molar-refractivity contribution is 6.31. The lowest BCUT2D eigenvalue weighted by Gasteiger charge is -2.13. The van der Waals surface area contributed by atoms with Gasteiger partial charge in [0.05, 0.1) is 11.7 Å². The first-order valence-electron chi connectivity index (χ1n) is 6.45. The van der Waals surface area contributed by atoms with Gasteiger partial charge in [-0.15, -0.1) is 5.10 Å². The lowest BCUT2D eigenvalue weighted by Crippen LogP contribution is -2.12. The number of aromatic nitrogens is 3. The van der Waals surface area contributed by atoms with Crippen LogP contribution >= 0.6 is 11.6 Å². The molecule has 0 aliphatic rings. The molecule has 5 nitrogen and oxygen atoms in total. The second kappa shape index (κ2) is 6.05. The van der Waals surface area contributed by atoms with Gasteiger partial charge in [-0.3, -0.25) is 0 Å². The second-order valence-electron chi connectivity index (χ2n) is 4.66. The molecule has 20 heavy (non-hydrogen) atoms. The lowest BCUT2D eigenvalue weighted by molar-refractivity contribution is 0.0689. The highest BCUT2D eigenvalue weighted by Crippen LogP contribution is 2.22. The summed E-state index contributed by atoms with van der Waals surface area (Å²) in [5.41, 5.74) is 1.44. The van der Waals surface area contributed by atoms with E-state index in [-0.39, 0.29) is 11.7 Å². The Morgan fingerprint density at radius 1 is 1.45 bits per heavy atom. The van der Waals surface area contributed by atoms with Gasteiger partial charge < -0.3 is 5.11 Å². The summed E-state index contributed by atoms with van der Waals surface area (Å²) in [7, 11) is 0. The van der Waals surface area contributed by atoms with Gasteiger partial charge in [-0.05, 0) is 25.0 Å². The van der Waals surface area contributed by atoms with Crippen molar-refractivity contribution in [1.29, 1.82) is 0 Å². The zero-order valence-corrected chi connectivity index (χ0v) is 12.1. The quantitative estimate of drug-likeness (QED) is 0.919. The summed E-state index contributed by atoms with van der Waals surface area (Å²) in [6.07, 6.45) is 1.25. The zero-order chi connectivity index (χ0) is 14.7. The first-order valence-corrected chi connectivity index (χ1v) is 6.83. The standard InChI is InChI=1S/C14H16ClN3O2/c1-3-9(2)18-12(13(14(19)20)16-17-18)8-10-6-4-5-7-11(10)15/h4-7,9H,3,8H2,1-2H3,(H,19,20). The Labute approximate surface area is 122 Å². The Morgan fingerprint density at radius 3 is 2.75 bits per heavy atom. The van der Waals surface area contributed by atoms with Crippen LogP contribution in [0.3, 0.4) is 0 Å². The fraction of sp³-hybridized carbons (Fsp3) is 0.357. The van der Waals surface area contributed by atoms with Crippen LogP contribution in [0.2, 0.25) is 5.02 Å². The number of nitrogens with zero attached hydrogens (tertiary/aromatic N) is 3. The minimum Gasteiger partial charge on any atom is -0.476 e. The molecule has 106 valence electrons. The van der Waals surface area contributed by atoms with Gasteiger partial charge in [-0.25, -0.2) is 9.48 Å². The van der Waals surface area contributed by atoms with Gasteiger partial charge in [-0.1, -0.05) is 41.9 Å². The van der Waals surface area contributed by atoms with Crippen molar-refractivity contribution in [3.8, 4) is 0 Å². The fourth-order valence-electron chi connectivity index (χ4n) is 1.99. The normalized spacial score (nSPS) is 12.3. The van der Waals surface area contributed by atoms with Crippen molar-refractivity contribution in [3.05, 3.63) is 46.2 Å². The van der Waals surface area contributed by atoms with E-state index in [1.54, 1.807) is 10.7 Å². The van der Waals surface area contributed by atoms with Crippen molar-refractivity contribution < 1.29 is 9.90 Å². The van der Waals surface area contributed by atoms with Crippen LogP contribution in [0.5, 0.6) is 0 Å². The molecule has 1 aromatic heterocycles. The molecule has 1 unspecified atom stereocenters. The molecule has 0 aliphatic heterocycles. The molecule has 2 aromatic rings. The van der Waals surface area contributed by atoms with E-state index in [1.165, 1.54) is 0 Å². The molecule has 0 aliphatic carbocycles. The van der Waals surface area contributed by atoms with Crippen molar-refractivity contribution in [2.45, 2.75) is 32.7 Å². The zero-order valence-electron chi connectivity index (χ0n) is 11.4. The van der Waals surface area contributed by atoms with Crippen molar-refractivity contribution in [1.82, 2.24) is 15.0 Å². The first kappa shape index (κ1) is 14.5. The van der Waals surface area contributed by atoms with Crippen LogP contribution < -0.4 is 0 Å². The molecule has 2 rings (SSSR count). The van der Waals surface area contributed by atoms with Crippen LogP contribution in [-0.4, -0.2) is 26.1 Å². The van der Waals surface area contributed by atoms with E-state index in [9.17, 15) is 9.90 Å². The van der Waals surface area contributed by atoms with Gasteiger partial charge in [0.15, 0.2) is 5.69 Å². The average molecular weight is 294 g/mol. The highest BCUT2D eigenvalue weighted by Gasteiger charge is 2.22.